The third-order valence-corrected chi connectivity index (χ3v) is 1.68. The second-order valence-electron chi connectivity index (χ2n) is 2.62. The first-order valence-electron chi connectivity index (χ1n) is 3.61. The first kappa shape index (κ1) is 10.5. The molecule has 14 heavy (non-hydrogen) atoms. The number of alkyl halides is 2. The smallest absolute Gasteiger partial charge is 0.357 e. The Balaban J connectivity index is 3.41. The minimum atomic E-state index is -3.05. The maximum absolute atomic E-state index is 13.1. The molecule has 0 fully saturated rings. The highest BCUT2D eigenvalue weighted by Crippen LogP contribution is 2.26. The van der Waals surface area contributed by atoms with Gasteiger partial charge in [0.15, 0.2) is 11.5 Å². The molecule has 1 N–H and O–H groups in total. The molecule has 0 aromatic carbocycles. The van der Waals surface area contributed by atoms with Crippen LogP contribution >= 0.6 is 0 Å². The molecule has 0 spiro atoms. The topological polar surface area (TPSA) is 50.2 Å². The second-order valence-corrected chi connectivity index (χ2v) is 2.62. The van der Waals surface area contributed by atoms with Gasteiger partial charge in [0.2, 0.25) is 0 Å². The second kappa shape index (κ2) is 3.65. The van der Waals surface area contributed by atoms with E-state index < -0.39 is 29.5 Å². The molecule has 1 heterocycles. The van der Waals surface area contributed by atoms with Crippen molar-refractivity contribution in [3.05, 3.63) is 28.8 Å². The number of nitrogens with zero attached hydrogens (tertiary/aromatic N) is 1. The van der Waals surface area contributed by atoms with Crippen LogP contribution in [-0.4, -0.2) is 16.1 Å². The molecule has 6 heteroatoms. The molecule has 0 radical (unpaired) electrons. The molecule has 0 saturated carbocycles. The van der Waals surface area contributed by atoms with Gasteiger partial charge in [0.25, 0.3) is 6.43 Å². The van der Waals surface area contributed by atoms with E-state index in [1.165, 1.54) is 6.92 Å². The number of carboxylic acid groups (broad SMARTS) is 1. The van der Waals surface area contributed by atoms with Crippen molar-refractivity contribution in [1.82, 2.24) is 4.98 Å². The lowest BCUT2D eigenvalue weighted by Gasteiger charge is -2.06. The van der Waals surface area contributed by atoms with Crippen LogP contribution in [-0.2, 0) is 0 Å². The van der Waals surface area contributed by atoms with Crippen LogP contribution in [0.4, 0.5) is 13.2 Å². The van der Waals surface area contributed by atoms with Gasteiger partial charge < -0.3 is 5.11 Å². The van der Waals surface area contributed by atoms with Crippen molar-refractivity contribution in [2.75, 3.05) is 0 Å². The van der Waals surface area contributed by atoms with E-state index in [9.17, 15) is 18.0 Å². The third-order valence-electron chi connectivity index (χ3n) is 1.68. The minimum absolute atomic E-state index is 0.0671. The molecule has 76 valence electrons. The molecule has 0 amide bonds. The zero-order chi connectivity index (χ0) is 10.9. The van der Waals surface area contributed by atoms with Gasteiger partial charge in [-0.3, -0.25) is 0 Å². The molecule has 0 unspecified atom stereocenters. The van der Waals surface area contributed by atoms with Crippen LogP contribution in [0.1, 0.15) is 28.0 Å². The summed E-state index contributed by atoms with van der Waals surface area (Å²) in [5, 5.41) is 8.42. The number of aromatic nitrogens is 1. The number of hydrogen-bond donors (Lipinski definition) is 1. The van der Waals surface area contributed by atoms with Gasteiger partial charge in [-0.15, -0.1) is 0 Å². The van der Waals surface area contributed by atoms with Gasteiger partial charge >= 0.3 is 5.97 Å². The van der Waals surface area contributed by atoms with Crippen molar-refractivity contribution in [1.29, 1.82) is 0 Å². The normalized spacial score (nSPS) is 10.6. The lowest BCUT2D eigenvalue weighted by molar-refractivity contribution is 0.0683. The summed E-state index contributed by atoms with van der Waals surface area (Å²) >= 11 is 0. The highest BCUT2D eigenvalue weighted by Gasteiger charge is 2.23. The fourth-order valence-electron chi connectivity index (χ4n) is 1.01. The fraction of sp³-hybridized carbons (Fsp3) is 0.250. The Hall–Kier alpha value is -1.59. The predicted octanol–water partition coefficient (Wildman–Crippen LogP) is 2.16. The Morgan fingerprint density at radius 1 is 1.57 bits per heavy atom. The number of aromatic carboxylic acids is 1. The Labute approximate surface area is 77.2 Å². The lowest BCUT2D eigenvalue weighted by atomic mass is 10.1. The largest absolute Gasteiger partial charge is 0.476 e. The Morgan fingerprint density at radius 3 is 2.57 bits per heavy atom. The number of carboxylic acids is 1. The van der Waals surface area contributed by atoms with Crippen LogP contribution in [0.5, 0.6) is 0 Å². The van der Waals surface area contributed by atoms with Crippen molar-refractivity contribution in [3.63, 3.8) is 0 Å². The molecule has 0 bridgehead atoms. The van der Waals surface area contributed by atoms with Crippen molar-refractivity contribution < 1.29 is 23.1 Å². The number of pyridine rings is 1. The van der Waals surface area contributed by atoms with E-state index in [-0.39, 0.29) is 5.56 Å². The number of carbonyl (C=O) groups is 1. The van der Waals surface area contributed by atoms with Crippen molar-refractivity contribution in [2.45, 2.75) is 13.3 Å². The molecule has 0 saturated heterocycles. The molecular weight excluding hydrogens is 199 g/mol. The Morgan fingerprint density at radius 2 is 2.14 bits per heavy atom. The zero-order valence-corrected chi connectivity index (χ0v) is 7.09. The van der Waals surface area contributed by atoms with E-state index in [1.54, 1.807) is 0 Å². The van der Waals surface area contributed by atoms with Crippen LogP contribution < -0.4 is 0 Å². The van der Waals surface area contributed by atoms with E-state index in [4.69, 9.17) is 5.11 Å². The van der Waals surface area contributed by atoms with E-state index in [0.717, 1.165) is 6.20 Å². The van der Waals surface area contributed by atoms with Crippen LogP contribution in [0.15, 0.2) is 6.20 Å². The summed E-state index contributed by atoms with van der Waals surface area (Å²) < 4.78 is 37.7. The average Bonchev–Trinajstić information content (AvgIpc) is 2.02. The minimum Gasteiger partial charge on any atom is -0.476 e. The van der Waals surface area contributed by atoms with E-state index in [2.05, 4.69) is 4.98 Å². The van der Waals surface area contributed by atoms with E-state index in [0.29, 0.717) is 0 Å². The fourth-order valence-corrected chi connectivity index (χ4v) is 1.01. The lowest BCUT2D eigenvalue weighted by Crippen LogP contribution is -2.08. The predicted molar refractivity (Wildman–Crippen MR) is 40.8 cm³/mol. The van der Waals surface area contributed by atoms with Gasteiger partial charge in [-0.1, -0.05) is 0 Å². The maximum atomic E-state index is 13.1. The van der Waals surface area contributed by atoms with Gasteiger partial charge in [0.1, 0.15) is 0 Å². The van der Waals surface area contributed by atoms with Crippen LogP contribution in [0.3, 0.4) is 0 Å². The molecule has 0 aliphatic carbocycles. The maximum Gasteiger partial charge on any atom is 0.357 e. The molecule has 1 aromatic heterocycles. The summed E-state index contributed by atoms with van der Waals surface area (Å²) in [6, 6.07) is 0. The highest BCUT2D eigenvalue weighted by molar-refractivity contribution is 5.85. The molecule has 1 rings (SSSR count). The molecular formula is C8H6F3NO2. The van der Waals surface area contributed by atoms with Gasteiger partial charge in [0, 0.05) is 6.20 Å². The van der Waals surface area contributed by atoms with Crippen molar-refractivity contribution in [3.8, 4) is 0 Å². The van der Waals surface area contributed by atoms with Gasteiger partial charge in [0.05, 0.1) is 5.56 Å². The standard InChI is InChI=1S/C8H6F3NO2/c1-3-2-12-6(8(13)14)5(9)4(3)7(10)11/h2,7H,1H3,(H,13,14). The quantitative estimate of drug-likeness (QED) is 0.804. The first-order valence-corrected chi connectivity index (χ1v) is 3.61. The van der Waals surface area contributed by atoms with Crippen LogP contribution in [0, 0.1) is 12.7 Å². The van der Waals surface area contributed by atoms with Gasteiger partial charge in [-0.05, 0) is 12.5 Å². The molecule has 0 aliphatic heterocycles. The van der Waals surface area contributed by atoms with E-state index >= 15 is 0 Å². The summed E-state index contributed by atoms with van der Waals surface area (Å²) in [5.41, 5.74) is -1.95. The monoisotopic (exact) mass is 205 g/mol. The molecule has 0 atom stereocenters. The summed E-state index contributed by atoms with van der Waals surface area (Å²) in [6.07, 6.45) is -2.13. The first-order chi connectivity index (χ1) is 6.45. The van der Waals surface area contributed by atoms with E-state index in [1.807, 2.05) is 0 Å². The van der Waals surface area contributed by atoms with Crippen molar-refractivity contribution >= 4 is 5.97 Å². The summed E-state index contributed by atoms with van der Waals surface area (Å²) in [5.74, 6) is -3.13. The van der Waals surface area contributed by atoms with Gasteiger partial charge in [-0.2, -0.15) is 0 Å². The third kappa shape index (κ3) is 1.68. The molecule has 3 nitrogen and oxygen atoms in total. The molecule has 1 aromatic rings. The number of halogens is 3. The van der Waals surface area contributed by atoms with Crippen LogP contribution in [0.25, 0.3) is 0 Å². The highest BCUT2D eigenvalue weighted by atomic mass is 19.3. The van der Waals surface area contributed by atoms with Crippen LogP contribution in [0.2, 0.25) is 0 Å². The Kier molecular flexibility index (Phi) is 2.73. The van der Waals surface area contributed by atoms with Crippen molar-refractivity contribution in [2.24, 2.45) is 0 Å². The SMILES string of the molecule is Cc1cnc(C(=O)O)c(F)c1C(F)F. The summed E-state index contributed by atoms with van der Waals surface area (Å²) in [7, 11) is 0. The average molecular weight is 205 g/mol. The number of aryl methyl sites for hydroxylation is 1. The number of rotatable bonds is 2. The zero-order valence-electron chi connectivity index (χ0n) is 7.09. The summed E-state index contributed by atoms with van der Waals surface area (Å²) in [6.45, 7) is 1.24. The molecule has 0 aliphatic rings. The summed E-state index contributed by atoms with van der Waals surface area (Å²) in [4.78, 5) is 13.6. The Bertz CT molecular complexity index is 379. The van der Waals surface area contributed by atoms with Gasteiger partial charge in [-0.25, -0.2) is 22.9 Å². The number of hydrogen-bond acceptors (Lipinski definition) is 2.